The van der Waals surface area contributed by atoms with Crippen molar-refractivity contribution in [3.63, 3.8) is 0 Å². The number of ether oxygens (including phenoxy) is 1. The molecule has 0 bridgehead atoms. The van der Waals surface area contributed by atoms with Crippen molar-refractivity contribution in [2.75, 3.05) is 13.7 Å². The number of methoxy groups -OCH3 is 1. The first-order chi connectivity index (χ1) is 12.4. The smallest absolute Gasteiger partial charge is 0.303 e. The van der Waals surface area contributed by atoms with Crippen LogP contribution in [0.1, 0.15) is 18.4 Å². The number of thiocarbonyl (C=S) groups is 1. The average molecular weight is 390 g/mol. The Bertz CT molecular complexity index is 933. The van der Waals surface area contributed by atoms with Crippen LogP contribution in [0.2, 0.25) is 0 Å². The maximum atomic E-state index is 12.6. The minimum atomic E-state index is -0.879. The second kappa shape index (κ2) is 7.51. The highest BCUT2D eigenvalue weighted by Gasteiger charge is 2.31. The van der Waals surface area contributed by atoms with Gasteiger partial charge >= 0.3 is 5.97 Å². The highest BCUT2D eigenvalue weighted by molar-refractivity contribution is 8.26. The lowest BCUT2D eigenvalue weighted by Crippen LogP contribution is -2.29. The Labute approximate surface area is 160 Å². The predicted octanol–water partition coefficient (Wildman–Crippen LogP) is 3.25. The summed E-state index contributed by atoms with van der Waals surface area (Å²) in [5.41, 5.74) is 1.95. The molecule has 1 aromatic carbocycles. The highest BCUT2D eigenvalue weighted by atomic mass is 32.2. The van der Waals surface area contributed by atoms with Crippen molar-refractivity contribution in [2.45, 2.75) is 12.8 Å². The lowest BCUT2D eigenvalue weighted by atomic mass is 10.1. The van der Waals surface area contributed by atoms with Crippen LogP contribution in [0.15, 0.2) is 29.3 Å². The number of nitrogens with zero attached hydrogens (tertiary/aromatic N) is 2. The maximum absolute atomic E-state index is 12.6. The first-order valence-corrected chi connectivity index (χ1v) is 9.23. The molecule has 0 aliphatic carbocycles. The van der Waals surface area contributed by atoms with Crippen LogP contribution >= 0.6 is 24.0 Å². The van der Waals surface area contributed by atoms with Gasteiger partial charge in [-0.15, -0.1) is 0 Å². The molecule has 1 N–H and O–H groups in total. The van der Waals surface area contributed by atoms with Gasteiger partial charge in [0.2, 0.25) is 0 Å². The number of thioether (sulfide) groups is 1. The number of rotatable bonds is 6. The third-order valence-electron chi connectivity index (χ3n) is 4.16. The fourth-order valence-electron chi connectivity index (χ4n) is 2.87. The van der Waals surface area contributed by atoms with Gasteiger partial charge < -0.3 is 14.4 Å². The van der Waals surface area contributed by atoms with E-state index in [1.807, 2.05) is 42.1 Å². The normalized spacial score (nSPS) is 16.1. The van der Waals surface area contributed by atoms with Gasteiger partial charge in [-0.25, -0.2) is 0 Å². The molecule has 6 nitrogen and oxygen atoms in total. The molecule has 26 heavy (non-hydrogen) atoms. The van der Waals surface area contributed by atoms with Crippen molar-refractivity contribution < 1.29 is 19.4 Å². The number of fused-ring (bicyclic) bond motifs is 1. The molecule has 3 rings (SSSR count). The van der Waals surface area contributed by atoms with Crippen molar-refractivity contribution in [2.24, 2.45) is 7.05 Å². The number of aliphatic carboxylic acids is 1. The Balaban J connectivity index is 1.88. The molecule has 1 aliphatic rings. The summed E-state index contributed by atoms with van der Waals surface area (Å²) >= 11 is 6.53. The van der Waals surface area contributed by atoms with Gasteiger partial charge in [-0.2, -0.15) is 0 Å². The second-order valence-corrected chi connectivity index (χ2v) is 7.58. The van der Waals surface area contributed by atoms with E-state index in [0.29, 0.717) is 22.2 Å². The molecule has 1 aliphatic heterocycles. The van der Waals surface area contributed by atoms with E-state index in [9.17, 15) is 9.59 Å². The number of aromatic nitrogens is 1. The van der Waals surface area contributed by atoms with Crippen LogP contribution < -0.4 is 4.74 Å². The molecule has 2 heterocycles. The van der Waals surface area contributed by atoms with E-state index in [-0.39, 0.29) is 12.3 Å². The molecule has 8 heteroatoms. The van der Waals surface area contributed by atoms with E-state index < -0.39 is 5.97 Å². The monoisotopic (exact) mass is 390 g/mol. The van der Waals surface area contributed by atoms with E-state index in [1.54, 1.807) is 7.11 Å². The zero-order valence-electron chi connectivity index (χ0n) is 14.4. The Kier molecular flexibility index (Phi) is 5.33. The second-order valence-electron chi connectivity index (χ2n) is 5.91. The van der Waals surface area contributed by atoms with Crippen molar-refractivity contribution in [1.29, 1.82) is 0 Å². The van der Waals surface area contributed by atoms with Gasteiger partial charge in [0.25, 0.3) is 5.91 Å². The zero-order chi connectivity index (χ0) is 18.8. The molecular weight excluding hydrogens is 372 g/mol. The van der Waals surface area contributed by atoms with E-state index in [2.05, 4.69) is 0 Å². The molecule has 0 unspecified atom stereocenters. The van der Waals surface area contributed by atoms with Crippen molar-refractivity contribution in [3.8, 4) is 5.75 Å². The van der Waals surface area contributed by atoms with Gasteiger partial charge in [0.1, 0.15) is 10.1 Å². The van der Waals surface area contributed by atoms with E-state index >= 15 is 0 Å². The van der Waals surface area contributed by atoms with E-state index in [0.717, 1.165) is 22.2 Å². The number of benzene rings is 1. The molecule has 1 saturated heterocycles. The summed E-state index contributed by atoms with van der Waals surface area (Å²) in [4.78, 5) is 25.3. The molecule has 2 aromatic rings. The highest BCUT2D eigenvalue weighted by Crippen LogP contribution is 2.35. The summed E-state index contributed by atoms with van der Waals surface area (Å²) in [7, 11) is 3.56. The lowest BCUT2D eigenvalue weighted by molar-refractivity contribution is -0.137. The van der Waals surface area contributed by atoms with Gasteiger partial charge in [-0.3, -0.25) is 14.5 Å². The van der Waals surface area contributed by atoms with Crippen molar-refractivity contribution >= 4 is 57.2 Å². The van der Waals surface area contributed by atoms with Crippen LogP contribution in [-0.4, -0.2) is 44.4 Å². The third-order valence-corrected chi connectivity index (χ3v) is 5.54. The fraction of sp³-hybridized carbons (Fsp3) is 0.278. The maximum Gasteiger partial charge on any atom is 0.303 e. The standard InChI is InChI=1S/C18H18N2O4S2/c1-19-10-11(13-9-12(24-2)5-6-14(13)19)8-15-17(23)20(18(25)26-15)7-3-4-16(21)22/h5-6,8-10H,3-4,7H2,1-2H3,(H,21,22). The first kappa shape index (κ1) is 18.5. The first-order valence-electron chi connectivity index (χ1n) is 8.01. The van der Waals surface area contributed by atoms with Crippen LogP contribution in [0.5, 0.6) is 5.75 Å². The molecule has 1 fully saturated rings. The number of hydrogen-bond acceptors (Lipinski definition) is 5. The number of carboxylic acid groups (broad SMARTS) is 1. The molecule has 0 spiro atoms. The van der Waals surface area contributed by atoms with Gasteiger partial charge in [0, 0.05) is 42.7 Å². The number of amides is 1. The molecule has 1 amide bonds. The minimum Gasteiger partial charge on any atom is -0.497 e. The Hall–Kier alpha value is -2.32. The van der Waals surface area contributed by atoms with Crippen LogP contribution in [0, 0.1) is 0 Å². The quantitative estimate of drug-likeness (QED) is 0.603. The Morgan fingerprint density at radius 2 is 2.19 bits per heavy atom. The van der Waals surface area contributed by atoms with Crippen molar-refractivity contribution in [3.05, 3.63) is 34.9 Å². The summed E-state index contributed by atoms with van der Waals surface area (Å²) in [5, 5.41) is 9.74. The topological polar surface area (TPSA) is 71.8 Å². The number of carbonyl (C=O) groups is 2. The van der Waals surface area contributed by atoms with E-state index in [4.69, 9.17) is 22.1 Å². The lowest BCUT2D eigenvalue weighted by Gasteiger charge is -2.13. The predicted molar refractivity (Wildman–Crippen MR) is 106 cm³/mol. The number of hydrogen-bond donors (Lipinski definition) is 1. The SMILES string of the molecule is COc1ccc2c(c1)c(C=C1SC(=S)N(CCCC(=O)O)C1=O)cn2C. The van der Waals surface area contributed by atoms with Crippen LogP contribution in [-0.2, 0) is 16.6 Å². The average Bonchev–Trinajstić information content (AvgIpc) is 3.05. The van der Waals surface area contributed by atoms with E-state index in [1.165, 1.54) is 16.7 Å². The molecule has 136 valence electrons. The third kappa shape index (κ3) is 3.61. The van der Waals surface area contributed by atoms with Gasteiger partial charge in [0.15, 0.2) is 0 Å². The minimum absolute atomic E-state index is 0.0131. The number of aryl methyl sites for hydroxylation is 1. The Morgan fingerprint density at radius 3 is 2.88 bits per heavy atom. The molecular formula is C18H18N2O4S2. The van der Waals surface area contributed by atoms with Gasteiger partial charge in [-0.05, 0) is 30.7 Å². The number of carbonyl (C=O) groups excluding carboxylic acids is 1. The van der Waals surface area contributed by atoms with Gasteiger partial charge in [0.05, 0.1) is 12.0 Å². The summed E-state index contributed by atoms with van der Waals surface area (Å²) in [5.74, 6) is -0.305. The molecule has 1 aromatic heterocycles. The molecule has 0 atom stereocenters. The largest absolute Gasteiger partial charge is 0.497 e. The van der Waals surface area contributed by atoms with Gasteiger partial charge in [-0.1, -0.05) is 24.0 Å². The van der Waals surface area contributed by atoms with Crippen LogP contribution in [0.3, 0.4) is 0 Å². The fourth-order valence-corrected chi connectivity index (χ4v) is 4.17. The van der Waals surface area contributed by atoms with Crippen molar-refractivity contribution in [1.82, 2.24) is 9.47 Å². The van der Waals surface area contributed by atoms with Crippen LogP contribution in [0.4, 0.5) is 0 Å². The Morgan fingerprint density at radius 1 is 1.42 bits per heavy atom. The summed E-state index contributed by atoms with van der Waals surface area (Å²) in [6, 6.07) is 5.81. The zero-order valence-corrected chi connectivity index (χ0v) is 16.0. The van der Waals surface area contributed by atoms with Crippen LogP contribution in [0.25, 0.3) is 17.0 Å². The summed E-state index contributed by atoms with van der Waals surface area (Å²) in [6.07, 6.45) is 4.18. The molecule has 0 radical (unpaired) electrons. The summed E-state index contributed by atoms with van der Waals surface area (Å²) in [6.45, 7) is 0.317. The summed E-state index contributed by atoms with van der Waals surface area (Å²) < 4.78 is 7.75. The number of carboxylic acids is 1. The molecule has 0 saturated carbocycles.